The molecule has 8 heteroatoms. The molecule has 1 aliphatic rings. The minimum absolute atomic E-state index is 0.0163. The first-order valence-corrected chi connectivity index (χ1v) is 12.1. The molecule has 5 rings (SSSR count). The number of rotatable bonds is 4. The van der Waals surface area contributed by atoms with Crippen LogP contribution in [0.1, 0.15) is 19.4 Å². The van der Waals surface area contributed by atoms with Gasteiger partial charge in [-0.25, -0.2) is 9.37 Å². The largest absolute Gasteiger partial charge is 0.383 e. The van der Waals surface area contributed by atoms with E-state index in [1.54, 1.807) is 19.1 Å². The number of nitrogens with one attached hydrogen (secondary N) is 1. The smallest absolute Gasteiger partial charge is 0.258 e. The predicted molar refractivity (Wildman–Crippen MR) is 141 cm³/mol. The molecule has 0 amide bonds. The van der Waals surface area contributed by atoms with E-state index in [2.05, 4.69) is 33.6 Å². The Morgan fingerprint density at radius 2 is 1.67 bits per heavy atom. The van der Waals surface area contributed by atoms with Gasteiger partial charge in [-0.2, -0.15) is 4.39 Å². The number of hydrogen-bond acceptors (Lipinski definition) is 5. The molecule has 3 N–H and O–H groups in total. The van der Waals surface area contributed by atoms with Crippen molar-refractivity contribution in [1.29, 1.82) is 0 Å². The maximum absolute atomic E-state index is 14.9. The van der Waals surface area contributed by atoms with Crippen molar-refractivity contribution in [2.75, 3.05) is 36.8 Å². The standard InChI is InChI=1S/C28H29F2N5O/c1-16(2)34-8-10-35(11-9-34)20-6-4-18(5-7-20)22-14-23(27(31)33-26(22)30)19-12-21-17(3)15-32-28(36)25(21)24(29)13-19/h4-7,12-16H,8-11H2,1-3H3,(H2,31,33)(H,32,36). The summed E-state index contributed by atoms with van der Waals surface area (Å²) >= 11 is 0. The zero-order valence-electron chi connectivity index (χ0n) is 20.6. The second-order valence-electron chi connectivity index (χ2n) is 9.60. The summed E-state index contributed by atoms with van der Waals surface area (Å²) in [7, 11) is 0. The van der Waals surface area contributed by atoms with Gasteiger partial charge >= 0.3 is 0 Å². The molecule has 0 saturated carbocycles. The molecular weight excluding hydrogens is 460 g/mol. The van der Waals surface area contributed by atoms with Crippen LogP contribution in [0, 0.1) is 18.7 Å². The number of aryl methyl sites for hydroxylation is 1. The first kappa shape index (κ1) is 23.9. The quantitative estimate of drug-likeness (QED) is 0.397. The highest BCUT2D eigenvalue weighted by Crippen LogP contribution is 2.34. The lowest BCUT2D eigenvalue weighted by Crippen LogP contribution is -2.48. The van der Waals surface area contributed by atoms with Crippen LogP contribution < -0.4 is 16.2 Å². The van der Waals surface area contributed by atoms with Gasteiger partial charge in [0, 0.05) is 55.2 Å². The number of nitrogens with two attached hydrogens (primary N) is 1. The summed E-state index contributed by atoms with van der Waals surface area (Å²) in [4.78, 5) is 23.4. The fraction of sp³-hybridized carbons (Fsp3) is 0.286. The van der Waals surface area contributed by atoms with E-state index >= 15 is 0 Å². The van der Waals surface area contributed by atoms with Gasteiger partial charge in [0.15, 0.2) is 0 Å². The van der Waals surface area contributed by atoms with Crippen LogP contribution in [-0.4, -0.2) is 47.1 Å². The van der Waals surface area contributed by atoms with E-state index in [-0.39, 0.29) is 16.8 Å². The van der Waals surface area contributed by atoms with Crippen molar-refractivity contribution in [2.24, 2.45) is 0 Å². The SMILES string of the molecule is Cc1c[nH]c(=O)c2c(F)cc(-c3cc(-c4ccc(N5CCN(C(C)C)CC5)cc4)c(F)nc3N)cc12. The van der Waals surface area contributed by atoms with E-state index < -0.39 is 17.3 Å². The highest BCUT2D eigenvalue weighted by molar-refractivity contribution is 5.91. The summed E-state index contributed by atoms with van der Waals surface area (Å²) in [6.45, 7) is 10.1. The van der Waals surface area contributed by atoms with Gasteiger partial charge in [0.25, 0.3) is 5.56 Å². The normalized spacial score (nSPS) is 14.7. The van der Waals surface area contributed by atoms with Gasteiger partial charge in [0.1, 0.15) is 11.6 Å². The van der Waals surface area contributed by atoms with Gasteiger partial charge < -0.3 is 15.6 Å². The topological polar surface area (TPSA) is 78.2 Å². The maximum atomic E-state index is 14.9. The average Bonchev–Trinajstić information content (AvgIpc) is 2.86. The van der Waals surface area contributed by atoms with E-state index in [0.717, 1.165) is 31.9 Å². The lowest BCUT2D eigenvalue weighted by Gasteiger charge is -2.38. The monoisotopic (exact) mass is 489 g/mol. The van der Waals surface area contributed by atoms with Gasteiger partial charge in [-0.15, -0.1) is 0 Å². The number of halogens is 2. The highest BCUT2D eigenvalue weighted by atomic mass is 19.1. The molecular formula is C28H29F2N5O. The summed E-state index contributed by atoms with van der Waals surface area (Å²) in [6, 6.07) is 12.8. The molecule has 1 fully saturated rings. The Balaban J connectivity index is 1.49. The Hall–Kier alpha value is -3.78. The average molecular weight is 490 g/mol. The van der Waals surface area contributed by atoms with E-state index in [9.17, 15) is 13.6 Å². The van der Waals surface area contributed by atoms with Crippen molar-refractivity contribution in [1.82, 2.24) is 14.9 Å². The molecule has 186 valence electrons. The molecule has 0 aliphatic carbocycles. The molecule has 0 spiro atoms. The van der Waals surface area contributed by atoms with Gasteiger partial charge in [-0.1, -0.05) is 12.1 Å². The van der Waals surface area contributed by atoms with E-state index in [0.29, 0.717) is 33.7 Å². The van der Waals surface area contributed by atoms with Crippen molar-refractivity contribution < 1.29 is 8.78 Å². The molecule has 6 nitrogen and oxygen atoms in total. The van der Waals surface area contributed by atoms with Crippen LogP contribution in [0.4, 0.5) is 20.3 Å². The molecule has 2 aromatic heterocycles. The molecule has 1 aliphatic heterocycles. The summed E-state index contributed by atoms with van der Waals surface area (Å²) in [5, 5.41) is 0.457. The van der Waals surface area contributed by atoms with E-state index in [1.807, 2.05) is 24.3 Å². The lowest BCUT2D eigenvalue weighted by atomic mass is 9.97. The maximum Gasteiger partial charge on any atom is 0.258 e. The van der Waals surface area contributed by atoms with Crippen LogP contribution >= 0.6 is 0 Å². The third-order valence-corrected chi connectivity index (χ3v) is 7.07. The third-order valence-electron chi connectivity index (χ3n) is 7.07. The van der Waals surface area contributed by atoms with Crippen molar-refractivity contribution in [3.05, 3.63) is 76.3 Å². The molecule has 0 bridgehead atoms. The Kier molecular flexibility index (Phi) is 6.22. The number of hydrogen-bond donors (Lipinski definition) is 2. The van der Waals surface area contributed by atoms with Gasteiger partial charge in [-0.3, -0.25) is 9.69 Å². The molecule has 0 radical (unpaired) electrons. The zero-order chi connectivity index (χ0) is 25.6. The Bertz CT molecular complexity index is 1490. The summed E-state index contributed by atoms with van der Waals surface area (Å²) < 4.78 is 29.9. The van der Waals surface area contributed by atoms with Crippen molar-refractivity contribution >= 4 is 22.3 Å². The first-order chi connectivity index (χ1) is 17.2. The number of pyridine rings is 2. The van der Waals surface area contributed by atoms with Crippen LogP contribution in [0.2, 0.25) is 0 Å². The molecule has 0 atom stereocenters. The van der Waals surface area contributed by atoms with Gasteiger partial charge in [-0.05, 0) is 73.2 Å². The van der Waals surface area contributed by atoms with Crippen molar-refractivity contribution in [3.8, 4) is 22.3 Å². The summed E-state index contributed by atoms with van der Waals surface area (Å²) in [5.74, 6) is -1.40. The van der Waals surface area contributed by atoms with Crippen LogP contribution in [0.25, 0.3) is 33.0 Å². The number of fused-ring (bicyclic) bond motifs is 1. The number of aromatic nitrogens is 2. The number of aromatic amines is 1. The van der Waals surface area contributed by atoms with Crippen LogP contribution in [0.3, 0.4) is 0 Å². The second-order valence-corrected chi connectivity index (χ2v) is 9.60. The number of piperazine rings is 1. The molecule has 3 heterocycles. The zero-order valence-corrected chi connectivity index (χ0v) is 20.6. The summed E-state index contributed by atoms with van der Waals surface area (Å²) in [5.41, 5.74) is 9.12. The predicted octanol–water partition coefficient (Wildman–Crippen LogP) is 4.96. The number of H-pyrrole nitrogens is 1. The molecule has 1 saturated heterocycles. The Labute approximate surface area is 208 Å². The molecule has 0 unspecified atom stereocenters. The van der Waals surface area contributed by atoms with E-state index in [4.69, 9.17) is 5.73 Å². The number of anilines is 2. The van der Waals surface area contributed by atoms with Gasteiger partial charge in [0.05, 0.1) is 5.39 Å². The third kappa shape index (κ3) is 4.33. The van der Waals surface area contributed by atoms with Crippen molar-refractivity contribution in [2.45, 2.75) is 26.8 Å². The lowest BCUT2D eigenvalue weighted by molar-refractivity contribution is 0.209. The first-order valence-electron chi connectivity index (χ1n) is 12.1. The molecule has 2 aromatic carbocycles. The molecule has 4 aromatic rings. The Morgan fingerprint density at radius 3 is 2.33 bits per heavy atom. The van der Waals surface area contributed by atoms with Crippen LogP contribution in [0.5, 0.6) is 0 Å². The number of nitrogens with zero attached hydrogens (tertiary/aromatic N) is 3. The summed E-state index contributed by atoms with van der Waals surface area (Å²) in [6.07, 6.45) is 1.54. The Morgan fingerprint density at radius 1 is 0.972 bits per heavy atom. The fourth-order valence-corrected chi connectivity index (χ4v) is 4.91. The van der Waals surface area contributed by atoms with Gasteiger partial charge in [0.2, 0.25) is 5.95 Å². The number of benzene rings is 2. The molecule has 36 heavy (non-hydrogen) atoms. The van der Waals surface area contributed by atoms with Crippen molar-refractivity contribution in [3.63, 3.8) is 0 Å². The second kappa shape index (κ2) is 9.35. The minimum Gasteiger partial charge on any atom is -0.383 e. The number of nitrogen functional groups attached to an aromatic ring is 1. The van der Waals surface area contributed by atoms with E-state index in [1.165, 1.54) is 12.3 Å². The van der Waals surface area contributed by atoms with Crippen LogP contribution in [0.15, 0.2) is 53.5 Å². The highest BCUT2D eigenvalue weighted by Gasteiger charge is 2.20. The fourth-order valence-electron chi connectivity index (χ4n) is 4.91. The minimum atomic E-state index is -0.691. The van der Waals surface area contributed by atoms with Crippen LogP contribution in [-0.2, 0) is 0 Å².